The summed E-state index contributed by atoms with van der Waals surface area (Å²) in [7, 11) is 3.66. The Bertz CT molecular complexity index is 1340. The first-order valence-corrected chi connectivity index (χ1v) is 15.8. The average Bonchev–Trinajstić information content (AvgIpc) is 3.51. The van der Waals surface area contributed by atoms with Crippen LogP contribution in [0.2, 0.25) is 0 Å². The van der Waals surface area contributed by atoms with Gasteiger partial charge in [-0.1, -0.05) is 6.07 Å². The maximum atomic E-state index is 15.2. The van der Waals surface area contributed by atoms with Gasteiger partial charge in [-0.2, -0.15) is 9.97 Å². The molecular weight excluding hydrogens is 567 g/mol. The first-order valence-electron chi connectivity index (χ1n) is 15.8. The lowest BCUT2D eigenvalue weighted by atomic mass is 10.0. The zero-order valence-electron chi connectivity index (χ0n) is 26.6. The normalized spacial score (nSPS) is 23.6. The Balaban J connectivity index is 1.29. The number of benzene rings is 1. The highest BCUT2D eigenvalue weighted by Crippen LogP contribution is 2.39. The minimum absolute atomic E-state index is 0.0262. The molecule has 0 aliphatic carbocycles. The van der Waals surface area contributed by atoms with E-state index in [0.29, 0.717) is 62.7 Å². The summed E-state index contributed by atoms with van der Waals surface area (Å²) in [5, 5.41) is 0. The monoisotopic (exact) mass is 612 g/mol. The molecule has 0 saturated carbocycles. The number of carbonyl (C=O) groups excluding carboxylic acids is 1. The maximum absolute atomic E-state index is 15.2. The van der Waals surface area contributed by atoms with Crippen molar-refractivity contribution in [1.82, 2.24) is 19.8 Å². The van der Waals surface area contributed by atoms with Crippen LogP contribution in [0.1, 0.15) is 57.7 Å². The number of likely N-dealkylation sites (N-methyl/N-ethyl adjacent to an activating group) is 1. The lowest BCUT2D eigenvalue weighted by Gasteiger charge is -2.43. The van der Waals surface area contributed by atoms with E-state index >= 15 is 4.39 Å². The Kier molecular flexibility index (Phi) is 8.74. The number of fused-ring (bicyclic) bond motifs is 3. The zero-order chi connectivity index (χ0) is 31.0. The van der Waals surface area contributed by atoms with Crippen LogP contribution in [-0.2, 0) is 22.4 Å². The van der Waals surface area contributed by atoms with Gasteiger partial charge in [0.15, 0.2) is 6.79 Å². The minimum atomic E-state index is -0.544. The Morgan fingerprint density at radius 1 is 1.05 bits per heavy atom. The number of halogens is 1. The molecule has 0 N–H and O–H groups in total. The number of carbonyl (C=O) groups is 1. The van der Waals surface area contributed by atoms with Crippen LogP contribution in [0, 0.1) is 5.82 Å². The summed E-state index contributed by atoms with van der Waals surface area (Å²) in [6.07, 6.45) is 4.47. The standard InChI is InChI=1S/C32H45FN6O5/c1-32(2,3)44-31(40)39-21-11-12-22(39)17-38(16-21)29-24-13-15-37(28-25(33)9-6-10-27(28)43-20-41-5)18-26(24)34-30(35-29)42-19-23-8-7-14-36(23)4/h6,9-10,21-23H,7-8,11-20H2,1-5H3/t21-,22+,23-/m0/s1. The zero-order valence-corrected chi connectivity index (χ0v) is 26.6. The molecule has 0 spiro atoms. The number of ether oxygens (including phenoxy) is 4. The summed E-state index contributed by atoms with van der Waals surface area (Å²) in [4.78, 5) is 31.5. The van der Waals surface area contributed by atoms with E-state index in [9.17, 15) is 4.79 Å². The van der Waals surface area contributed by atoms with Gasteiger partial charge in [-0.15, -0.1) is 0 Å². The predicted molar refractivity (Wildman–Crippen MR) is 164 cm³/mol. The highest BCUT2D eigenvalue weighted by Gasteiger charge is 2.45. The molecular formula is C32H45FN6O5. The molecule has 2 bridgehead atoms. The number of likely N-dealkylation sites (tertiary alicyclic amines) is 1. The van der Waals surface area contributed by atoms with Crippen LogP contribution in [-0.4, -0.2) is 103 Å². The Morgan fingerprint density at radius 2 is 1.82 bits per heavy atom. The molecule has 0 radical (unpaired) electrons. The average molecular weight is 613 g/mol. The highest BCUT2D eigenvalue weighted by atomic mass is 19.1. The summed E-state index contributed by atoms with van der Waals surface area (Å²) >= 11 is 0. The van der Waals surface area contributed by atoms with E-state index in [1.54, 1.807) is 19.2 Å². The first-order chi connectivity index (χ1) is 21.1. The highest BCUT2D eigenvalue weighted by molar-refractivity contribution is 5.70. The lowest BCUT2D eigenvalue weighted by Crippen LogP contribution is -2.57. The van der Waals surface area contributed by atoms with Crippen LogP contribution >= 0.6 is 0 Å². The number of nitrogens with zero attached hydrogens (tertiary/aromatic N) is 6. The van der Waals surface area contributed by atoms with Crippen molar-refractivity contribution in [3.63, 3.8) is 0 Å². The van der Waals surface area contributed by atoms with E-state index in [2.05, 4.69) is 16.8 Å². The molecule has 1 aromatic carbocycles. The second-order valence-electron chi connectivity index (χ2n) is 13.3. The minimum Gasteiger partial charge on any atom is -0.465 e. The summed E-state index contributed by atoms with van der Waals surface area (Å²) in [6, 6.07) is 5.59. The van der Waals surface area contributed by atoms with Gasteiger partial charge < -0.3 is 33.6 Å². The molecule has 240 valence electrons. The van der Waals surface area contributed by atoms with Gasteiger partial charge in [-0.25, -0.2) is 9.18 Å². The number of aromatic nitrogens is 2. The molecule has 6 rings (SSSR count). The topological polar surface area (TPSA) is 92.7 Å². The van der Waals surface area contributed by atoms with Crippen molar-refractivity contribution in [3.05, 3.63) is 35.3 Å². The van der Waals surface area contributed by atoms with E-state index in [4.69, 9.17) is 28.9 Å². The molecule has 4 aliphatic heterocycles. The molecule has 11 nitrogen and oxygen atoms in total. The van der Waals surface area contributed by atoms with Crippen LogP contribution in [0.15, 0.2) is 18.2 Å². The largest absolute Gasteiger partial charge is 0.465 e. The van der Waals surface area contributed by atoms with E-state index in [0.717, 1.165) is 49.3 Å². The number of anilines is 2. The Morgan fingerprint density at radius 3 is 2.50 bits per heavy atom. The van der Waals surface area contributed by atoms with Gasteiger partial charge in [0, 0.05) is 38.3 Å². The molecule has 2 aromatic rings. The number of piperazine rings is 1. The van der Waals surface area contributed by atoms with Gasteiger partial charge in [-0.3, -0.25) is 4.90 Å². The van der Waals surface area contributed by atoms with E-state index in [1.165, 1.54) is 6.07 Å². The second-order valence-corrected chi connectivity index (χ2v) is 13.3. The van der Waals surface area contributed by atoms with Gasteiger partial charge in [0.2, 0.25) is 0 Å². The predicted octanol–water partition coefficient (Wildman–Crippen LogP) is 4.22. The van der Waals surface area contributed by atoms with Crippen molar-refractivity contribution in [2.24, 2.45) is 0 Å². The van der Waals surface area contributed by atoms with E-state index in [1.807, 2.05) is 30.6 Å². The SMILES string of the molecule is COCOc1cccc(F)c1N1CCc2c(nc(OC[C@@H]3CCCN3C)nc2N2C[C@H]3CC[C@@H](C2)N3C(=O)OC(C)(C)C)C1. The third-order valence-electron chi connectivity index (χ3n) is 9.08. The van der Waals surface area contributed by atoms with Gasteiger partial charge in [0.1, 0.15) is 35.3 Å². The van der Waals surface area contributed by atoms with Crippen molar-refractivity contribution in [1.29, 1.82) is 0 Å². The van der Waals surface area contributed by atoms with Crippen molar-refractivity contribution < 1.29 is 28.1 Å². The van der Waals surface area contributed by atoms with Gasteiger partial charge in [0.25, 0.3) is 0 Å². The van der Waals surface area contributed by atoms with Crippen LogP contribution in [0.3, 0.4) is 0 Å². The number of para-hydroxylation sites is 1. The fraction of sp³-hybridized carbons (Fsp3) is 0.656. The number of methoxy groups -OCH3 is 1. The van der Waals surface area contributed by atoms with Crippen LogP contribution in [0.4, 0.5) is 20.7 Å². The quantitative estimate of drug-likeness (QED) is 0.404. The number of hydrogen-bond donors (Lipinski definition) is 0. The summed E-state index contributed by atoms with van der Waals surface area (Å²) < 4.78 is 38.1. The van der Waals surface area contributed by atoms with Gasteiger partial charge in [-0.05, 0) is 78.6 Å². The molecule has 3 saturated heterocycles. The third-order valence-corrected chi connectivity index (χ3v) is 9.08. The summed E-state index contributed by atoms with van der Waals surface area (Å²) in [6.45, 7) is 9.59. The smallest absolute Gasteiger partial charge is 0.410 e. The second kappa shape index (κ2) is 12.5. The third kappa shape index (κ3) is 6.37. The van der Waals surface area contributed by atoms with Gasteiger partial charge in [0.05, 0.1) is 24.3 Å². The molecule has 5 heterocycles. The molecule has 1 aromatic heterocycles. The van der Waals surface area contributed by atoms with Crippen LogP contribution in [0.25, 0.3) is 0 Å². The molecule has 44 heavy (non-hydrogen) atoms. The molecule has 1 amide bonds. The van der Waals surface area contributed by atoms with E-state index < -0.39 is 5.60 Å². The van der Waals surface area contributed by atoms with Crippen molar-refractivity contribution in [2.75, 3.05) is 63.5 Å². The van der Waals surface area contributed by atoms with Gasteiger partial charge >= 0.3 is 12.1 Å². The molecule has 4 aliphatic rings. The van der Waals surface area contributed by atoms with Crippen molar-refractivity contribution in [2.45, 2.75) is 83.1 Å². The van der Waals surface area contributed by atoms with Crippen molar-refractivity contribution >= 4 is 17.6 Å². The molecule has 0 unspecified atom stereocenters. The molecule has 12 heteroatoms. The van der Waals surface area contributed by atoms with Crippen molar-refractivity contribution in [3.8, 4) is 11.8 Å². The number of rotatable bonds is 8. The maximum Gasteiger partial charge on any atom is 0.410 e. The molecule has 3 atom stereocenters. The van der Waals surface area contributed by atoms with Crippen LogP contribution in [0.5, 0.6) is 11.8 Å². The number of amides is 1. The van der Waals surface area contributed by atoms with Crippen LogP contribution < -0.4 is 19.3 Å². The van der Waals surface area contributed by atoms with E-state index in [-0.39, 0.29) is 30.8 Å². The lowest BCUT2D eigenvalue weighted by molar-refractivity contribution is 0.0122. The number of hydrogen-bond acceptors (Lipinski definition) is 10. The summed E-state index contributed by atoms with van der Waals surface area (Å²) in [5.74, 6) is 0.932. The fourth-order valence-corrected chi connectivity index (χ4v) is 7.00. The Labute approximate surface area is 259 Å². The Hall–Kier alpha value is -3.38. The summed E-state index contributed by atoms with van der Waals surface area (Å²) in [5.41, 5.74) is 1.72. The molecule has 3 fully saturated rings. The fourth-order valence-electron chi connectivity index (χ4n) is 7.00. The first kappa shape index (κ1) is 30.6.